The van der Waals surface area contributed by atoms with Crippen molar-refractivity contribution in [3.05, 3.63) is 0 Å². The largest absolute Gasteiger partial charge is 0.444 e. The van der Waals surface area contributed by atoms with Gasteiger partial charge in [0.2, 0.25) is 0 Å². The van der Waals surface area contributed by atoms with Crippen LogP contribution in [0.3, 0.4) is 0 Å². The summed E-state index contributed by atoms with van der Waals surface area (Å²) >= 11 is 0. The van der Waals surface area contributed by atoms with Crippen molar-refractivity contribution in [2.45, 2.75) is 76.7 Å². The highest BCUT2D eigenvalue weighted by Crippen LogP contribution is 2.32. The molecule has 0 bridgehead atoms. The number of ether oxygens (including phenoxy) is 1. The molecule has 0 radical (unpaired) electrons. The van der Waals surface area contributed by atoms with Gasteiger partial charge >= 0.3 is 6.09 Å². The molecule has 0 aromatic rings. The minimum Gasteiger partial charge on any atom is -0.444 e. The predicted octanol–water partition coefficient (Wildman–Crippen LogP) is 2.50. The minimum atomic E-state index is -3.18. The van der Waals surface area contributed by atoms with Crippen LogP contribution in [0.5, 0.6) is 0 Å². The zero-order valence-corrected chi connectivity index (χ0v) is 20.5. The van der Waals surface area contributed by atoms with Crippen LogP contribution in [-0.2, 0) is 14.6 Å². The molecule has 8 nitrogen and oxygen atoms in total. The average molecular weight is 445 g/mol. The maximum absolute atomic E-state index is 12.8. The number of aliphatic imine (C=N–C) groups is 1. The van der Waals surface area contributed by atoms with E-state index in [1.807, 2.05) is 25.7 Å². The molecule has 0 atom stereocenters. The number of sulfone groups is 1. The van der Waals surface area contributed by atoms with Crippen LogP contribution in [0.2, 0.25) is 0 Å². The third kappa shape index (κ3) is 7.03. The van der Waals surface area contributed by atoms with E-state index < -0.39 is 20.2 Å². The number of amides is 1. The van der Waals surface area contributed by atoms with Gasteiger partial charge in [0.25, 0.3) is 0 Å². The van der Waals surface area contributed by atoms with Gasteiger partial charge < -0.3 is 19.9 Å². The van der Waals surface area contributed by atoms with Crippen LogP contribution in [0, 0.1) is 5.92 Å². The molecule has 0 unspecified atom stereocenters. The molecule has 1 aliphatic carbocycles. The van der Waals surface area contributed by atoms with E-state index in [4.69, 9.17) is 4.74 Å². The van der Waals surface area contributed by atoms with Gasteiger partial charge in [-0.25, -0.2) is 13.2 Å². The molecule has 1 aliphatic heterocycles. The van der Waals surface area contributed by atoms with Crippen LogP contribution in [0.4, 0.5) is 4.79 Å². The van der Waals surface area contributed by atoms with Gasteiger partial charge in [0.1, 0.15) is 5.60 Å². The Labute approximate surface area is 182 Å². The normalized spacial score (nSPS) is 19.6. The van der Waals surface area contributed by atoms with Crippen molar-refractivity contribution < 1.29 is 17.9 Å². The monoisotopic (exact) mass is 444 g/mol. The van der Waals surface area contributed by atoms with E-state index in [2.05, 4.69) is 15.2 Å². The molecule has 9 heteroatoms. The molecule has 0 spiro atoms. The third-order valence-electron chi connectivity index (χ3n) is 5.87. The van der Waals surface area contributed by atoms with E-state index in [1.165, 1.54) is 19.1 Å². The van der Waals surface area contributed by atoms with Gasteiger partial charge in [-0.15, -0.1) is 0 Å². The Morgan fingerprint density at radius 3 is 2.13 bits per heavy atom. The van der Waals surface area contributed by atoms with E-state index in [-0.39, 0.29) is 12.1 Å². The molecule has 2 rings (SSSR count). The Hall–Kier alpha value is -1.51. The lowest BCUT2D eigenvalue weighted by Gasteiger charge is -2.40. The lowest BCUT2D eigenvalue weighted by Crippen LogP contribution is -2.54. The number of piperidine rings is 1. The number of hydrogen-bond donors (Lipinski definition) is 1. The summed E-state index contributed by atoms with van der Waals surface area (Å²) in [7, 11) is -1.47. The number of hydrogen-bond acceptors (Lipinski definition) is 5. The quantitative estimate of drug-likeness (QED) is 0.500. The van der Waals surface area contributed by atoms with E-state index >= 15 is 0 Å². The van der Waals surface area contributed by atoms with Crippen LogP contribution < -0.4 is 5.32 Å². The molecule has 1 N–H and O–H groups in total. The molecule has 1 saturated heterocycles. The Morgan fingerprint density at radius 1 is 1.13 bits per heavy atom. The molecular formula is C21H40N4O4S. The van der Waals surface area contributed by atoms with Gasteiger partial charge in [0, 0.05) is 45.5 Å². The first kappa shape index (κ1) is 24.8. The second-order valence-corrected chi connectivity index (χ2v) is 12.9. The summed E-state index contributed by atoms with van der Waals surface area (Å²) in [5, 5.41) is 3.22. The summed E-state index contributed by atoms with van der Waals surface area (Å²) in [5.41, 5.74) is -0.502. The minimum absolute atomic E-state index is 0.155. The van der Waals surface area contributed by atoms with Crippen molar-refractivity contribution in [1.82, 2.24) is 15.1 Å². The Bertz CT molecular complexity index is 731. The molecule has 1 amide bonds. The van der Waals surface area contributed by atoms with E-state index in [1.54, 1.807) is 20.9 Å². The maximum Gasteiger partial charge on any atom is 0.410 e. The molecule has 2 fully saturated rings. The van der Waals surface area contributed by atoms with E-state index in [0.717, 1.165) is 32.5 Å². The highest BCUT2D eigenvalue weighted by molar-refractivity contribution is 7.92. The molecule has 2 aliphatic rings. The highest BCUT2D eigenvalue weighted by atomic mass is 32.2. The lowest BCUT2D eigenvalue weighted by atomic mass is 10.0. The number of nitrogens with one attached hydrogen (secondary N) is 1. The van der Waals surface area contributed by atoms with Crippen molar-refractivity contribution >= 4 is 21.9 Å². The number of nitrogens with zero attached hydrogens (tertiary/aromatic N) is 3. The fourth-order valence-corrected chi connectivity index (χ4v) is 3.75. The first-order valence-corrected chi connectivity index (χ1v) is 12.8. The fraction of sp³-hybridized carbons (Fsp3) is 0.905. The highest BCUT2D eigenvalue weighted by Gasteiger charge is 2.36. The van der Waals surface area contributed by atoms with Crippen LogP contribution in [0.1, 0.15) is 60.3 Å². The number of guanidine groups is 1. The summed E-state index contributed by atoms with van der Waals surface area (Å²) in [5.74, 6) is 1.30. The summed E-state index contributed by atoms with van der Waals surface area (Å²) in [6.07, 6.45) is 5.08. The van der Waals surface area contributed by atoms with Gasteiger partial charge in [0.05, 0.1) is 4.75 Å². The summed E-state index contributed by atoms with van der Waals surface area (Å²) in [4.78, 5) is 21.2. The first-order chi connectivity index (χ1) is 13.7. The number of likely N-dealkylation sites (tertiary alicyclic amines) is 1. The van der Waals surface area contributed by atoms with Gasteiger partial charge in [-0.1, -0.05) is 0 Å². The van der Waals surface area contributed by atoms with Crippen LogP contribution in [-0.4, -0.2) is 86.1 Å². The third-order valence-corrected chi connectivity index (χ3v) is 8.02. The SMILES string of the molecule is CN=C(NCC(C)(C)S(C)(=O)=O)N1CCC(N(CC2CC2)C(=O)OC(C)(C)C)CC1. The van der Waals surface area contributed by atoms with Crippen molar-refractivity contribution in [3.63, 3.8) is 0 Å². The molecular weight excluding hydrogens is 404 g/mol. The van der Waals surface area contributed by atoms with Crippen LogP contribution in [0.15, 0.2) is 4.99 Å². The van der Waals surface area contributed by atoms with E-state index in [9.17, 15) is 13.2 Å². The predicted molar refractivity (Wildman–Crippen MR) is 121 cm³/mol. The second-order valence-electron chi connectivity index (χ2n) is 10.2. The zero-order chi connectivity index (χ0) is 22.7. The lowest BCUT2D eigenvalue weighted by molar-refractivity contribution is 0.00928. The fourth-order valence-electron chi connectivity index (χ4n) is 3.42. The van der Waals surface area contributed by atoms with Crippen molar-refractivity contribution in [3.8, 4) is 0 Å². The van der Waals surface area contributed by atoms with Crippen LogP contribution in [0.25, 0.3) is 0 Å². The molecule has 0 aromatic heterocycles. The number of carbonyl (C=O) groups is 1. The topological polar surface area (TPSA) is 91.3 Å². The van der Waals surface area contributed by atoms with Crippen LogP contribution >= 0.6 is 0 Å². The van der Waals surface area contributed by atoms with Gasteiger partial charge in [0.15, 0.2) is 15.8 Å². The molecule has 30 heavy (non-hydrogen) atoms. The summed E-state index contributed by atoms with van der Waals surface area (Å²) in [6, 6.07) is 0.155. The van der Waals surface area contributed by atoms with Gasteiger partial charge in [-0.2, -0.15) is 0 Å². The maximum atomic E-state index is 12.8. The average Bonchev–Trinajstić information content (AvgIpc) is 3.42. The second kappa shape index (κ2) is 9.32. The van der Waals surface area contributed by atoms with Gasteiger partial charge in [-0.05, 0) is 66.2 Å². The number of rotatable bonds is 6. The summed E-state index contributed by atoms with van der Waals surface area (Å²) < 4.78 is 28.7. The Kier molecular flexibility index (Phi) is 7.69. The standard InChI is InChI=1S/C21H40N4O4S/c1-20(2,3)29-19(26)25(14-16-8-9-16)17-10-12-24(13-11-17)18(22-6)23-15-21(4,5)30(7,27)28/h16-17H,8-15H2,1-7H3,(H,22,23). The number of carbonyl (C=O) groups excluding carboxylic acids is 1. The van der Waals surface area contributed by atoms with E-state index in [0.29, 0.717) is 18.4 Å². The molecule has 1 saturated carbocycles. The van der Waals surface area contributed by atoms with Crippen molar-refractivity contribution in [2.75, 3.05) is 39.5 Å². The Morgan fingerprint density at radius 2 is 1.70 bits per heavy atom. The van der Waals surface area contributed by atoms with Gasteiger partial charge in [-0.3, -0.25) is 4.99 Å². The summed E-state index contributed by atoms with van der Waals surface area (Å²) in [6.45, 7) is 11.7. The first-order valence-electron chi connectivity index (χ1n) is 10.9. The molecule has 1 heterocycles. The van der Waals surface area contributed by atoms with Crippen molar-refractivity contribution in [2.24, 2.45) is 10.9 Å². The molecule has 174 valence electrons. The van der Waals surface area contributed by atoms with Crippen molar-refractivity contribution in [1.29, 1.82) is 0 Å². The molecule has 0 aromatic carbocycles. The Balaban J connectivity index is 1.95. The zero-order valence-electron chi connectivity index (χ0n) is 19.7. The smallest absolute Gasteiger partial charge is 0.410 e.